The minimum absolute atomic E-state index is 0.141. The minimum Gasteiger partial charge on any atom is -0.345 e. The van der Waals surface area contributed by atoms with Crippen molar-refractivity contribution in [3.63, 3.8) is 0 Å². The number of hydrogen-bond donors (Lipinski definition) is 0. The number of fused-ring (bicyclic) bond motifs is 1. The minimum atomic E-state index is 0.141. The van der Waals surface area contributed by atoms with Crippen molar-refractivity contribution in [3.8, 4) is 0 Å². The van der Waals surface area contributed by atoms with Crippen molar-refractivity contribution in [1.82, 2.24) is 4.90 Å². The van der Waals surface area contributed by atoms with Gasteiger partial charge in [-0.05, 0) is 38.3 Å². The van der Waals surface area contributed by atoms with E-state index < -0.39 is 0 Å². The van der Waals surface area contributed by atoms with Crippen LogP contribution in [0.4, 0.5) is 0 Å². The van der Waals surface area contributed by atoms with E-state index in [9.17, 15) is 4.79 Å². The highest BCUT2D eigenvalue weighted by molar-refractivity contribution is 5.98. The quantitative estimate of drug-likeness (QED) is 0.631. The highest BCUT2D eigenvalue weighted by Crippen LogP contribution is 2.34. The molecule has 74 valence electrons. The Balaban J connectivity index is 2.47. The number of hydrogen-bond acceptors (Lipinski definition) is 2. The highest BCUT2D eigenvalue weighted by Gasteiger charge is 2.26. The Morgan fingerprint density at radius 3 is 2.93 bits per heavy atom. The van der Waals surface area contributed by atoms with Crippen LogP contribution >= 0.6 is 0 Å². The summed E-state index contributed by atoms with van der Waals surface area (Å²) >= 11 is 0. The molecule has 2 aliphatic heterocycles. The fourth-order valence-electron chi connectivity index (χ4n) is 2.15. The molecule has 0 saturated carbocycles. The first-order chi connectivity index (χ1) is 6.61. The number of nitrogens with zero attached hydrogens (tertiary/aromatic N) is 1. The van der Waals surface area contributed by atoms with Crippen molar-refractivity contribution >= 4 is 5.78 Å². The molecular formula is C12H15NO. The van der Waals surface area contributed by atoms with Crippen LogP contribution < -0.4 is 0 Å². The van der Waals surface area contributed by atoms with Crippen LogP contribution in [0.1, 0.15) is 26.7 Å². The molecule has 0 N–H and O–H groups in total. The molecule has 0 amide bonds. The maximum Gasteiger partial charge on any atom is 0.160 e. The third-order valence-corrected chi connectivity index (χ3v) is 3.01. The van der Waals surface area contributed by atoms with Gasteiger partial charge in [-0.2, -0.15) is 0 Å². The summed E-state index contributed by atoms with van der Waals surface area (Å²) in [6.45, 7) is 8.69. The van der Waals surface area contributed by atoms with Gasteiger partial charge in [-0.15, -0.1) is 0 Å². The van der Waals surface area contributed by atoms with Crippen LogP contribution in [0.2, 0.25) is 0 Å². The molecule has 2 heterocycles. The van der Waals surface area contributed by atoms with Gasteiger partial charge in [0.25, 0.3) is 0 Å². The zero-order valence-corrected chi connectivity index (χ0v) is 8.76. The van der Waals surface area contributed by atoms with Crippen LogP contribution in [0.15, 0.2) is 35.2 Å². The number of rotatable bonds is 1. The van der Waals surface area contributed by atoms with Gasteiger partial charge in [-0.3, -0.25) is 4.79 Å². The zero-order chi connectivity index (χ0) is 10.3. The molecule has 1 fully saturated rings. The first-order valence-electron chi connectivity index (χ1n) is 5.00. The summed E-state index contributed by atoms with van der Waals surface area (Å²) in [5.74, 6) is 0.141. The number of Topliss-reactive ketones (excluding diaryl/α,β-unsaturated/α-hetero) is 1. The predicted molar refractivity (Wildman–Crippen MR) is 56.5 cm³/mol. The van der Waals surface area contributed by atoms with E-state index in [-0.39, 0.29) is 5.78 Å². The highest BCUT2D eigenvalue weighted by atomic mass is 16.1. The molecule has 0 atom stereocenters. The average molecular weight is 189 g/mol. The molecule has 0 aromatic carbocycles. The van der Waals surface area contributed by atoms with E-state index in [1.54, 1.807) is 6.92 Å². The second kappa shape index (κ2) is 3.12. The lowest BCUT2D eigenvalue weighted by molar-refractivity contribution is -0.113. The SMILES string of the molecule is C=C1C(C)=C(C(C)=O)C=C2CCCN12. The summed E-state index contributed by atoms with van der Waals surface area (Å²) in [5, 5.41) is 0. The summed E-state index contributed by atoms with van der Waals surface area (Å²) < 4.78 is 0. The van der Waals surface area contributed by atoms with Gasteiger partial charge in [0.2, 0.25) is 0 Å². The largest absolute Gasteiger partial charge is 0.345 e. The number of ketones is 1. The monoisotopic (exact) mass is 189 g/mol. The Morgan fingerprint density at radius 1 is 1.57 bits per heavy atom. The Kier molecular flexibility index (Phi) is 2.06. The smallest absolute Gasteiger partial charge is 0.160 e. The van der Waals surface area contributed by atoms with Crippen LogP contribution in [0.5, 0.6) is 0 Å². The van der Waals surface area contributed by atoms with Gasteiger partial charge in [-0.1, -0.05) is 6.58 Å². The molecule has 2 aliphatic rings. The zero-order valence-electron chi connectivity index (χ0n) is 8.76. The normalized spacial score (nSPS) is 21.1. The van der Waals surface area contributed by atoms with E-state index in [2.05, 4.69) is 11.5 Å². The summed E-state index contributed by atoms with van der Waals surface area (Å²) in [6.07, 6.45) is 4.27. The van der Waals surface area contributed by atoms with E-state index >= 15 is 0 Å². The molecule has 2 rings (SSSR count). The molecule has 0 bridgehead atoms. The van der Waals surface area contributed by atoms with Crippen molar-refractivity contribution in [2.75, 3.05) is 6.54 Å². The van der Waals surface area contributed by atoms with Crippen LogP contribution in [-0.4, -0.2) is 17.2 Å². The standard InChI is InChI=1S/C12H15NO/c1-8-9(2)13-6-4-5-11(13)7-12(8)10(3)14/h7H,2,4-6H2,1,3H3. The van der Waals surface area contributed by atoms with E-state index in [4.69, 9.17) is 0 Å². The van der Waals surface area contributed by atoms with Gasteiger partial charge in [0.1, 0.15) is 0 Å². The number of allylic oxidation sites excluding steroid dienone is 4. The van der Waals surface area contributed by atoms with Crippen molar-refractivity contribution in [1.29, 1.82) is 0 Å². The summed E-state index contributed by atoms with van der Waals surface area (Å²) in [5.41, 5.74) is 4.13. The van der Waals surface area contributed by atoms with Gasteiger partial charge < -0.3 is 4.90 Å². The lowest BCUT2D eigenvalue weighted by atomic mass is 9.98. The van der Waals surface area contributed by atoms with Gasteiger partial charge in [-0.25, -0.2) is 0 Å². The third-order valence-electron chi connectivity index (χ3n) is 3.01. The van der Waals surface area contributed by atoms with Crippen molar-refractivity contribution in [2.24, 2.45) is 0 Å². The molecule has 0 radical (unpaired) electrons. The van der Waals surface area contributed by atoms with E-state index in [1.807, 2.05) is 13.0 Å². The average Bonchev–Trinajstić information content (AvgIpc) is 2.58. The maximum atomic E-state index is 11.4. The molecule has 0 aliphatic carbocycles. The molecule has 1 saturated heterocycles. The second-order valence-electron chi connectivity index (χ2n) is 3.93. The van der Waals surface area contributed by atoms with Gasteiger partial charge in [0, 0.05) is 23.5 Å². The topological polar surface area (TPSA) is 20.3 Å². The lowest BCUT2D eigenvalue weighted by Gasteiger charge is -2.28. The number of carbonyl (C=O) groups excluding carboxylic acids is 1. The molecule has 0 aromatic rings. The molecule has 2 heteroatoms. The Labute approximate surface area is 84.6 Å². The Morgan fingerprint density at radius 2 is 2.29 bits per heavy atom. The van der Waals surface area contributed by atoms with Crippen LogP contribution in [0.3, 0.4) is 0 Å². The predicted octanol–water partition coefficient (Wildman–Crippen LogP) is 2.40. The van der Waals surface area contributed by atoms with E-state index in [0.717, 1.165) is 29.8 Å². The van der Waals surface area contributed by atoms with Crippen LogP contribution in [0, 0.1) is 0 Å². The fraction of sp³-hybridized carbons (Fsp3) is 0.417. The summed E-state index contributed by atoms with van der Waals surface area (Å²) in [7, 11) is 0. The van der Waals surface area contributed by atoms with E-state index in [0.29, 0.717) is 0 Å². The molecule has 0 aromatic heterocycles. The van der Waals surface area contributed by atoms with Crippen molar-refractivity contribution in [3.05, 3.63) is 35.2 Å². The first-order valence-corrected chi connectivity index (χ1v) is 5.00. The van der Waals surface area contributed by atoms with Crippen LogP contribution in [-0.2, 0) is 4.79 Å². The molecule has 2 nitrogen and oxygen atoms in total. The first kappa shape index (κ1) is 9.25. The lowest BCUT2D eigenvalue weighted by Crippen LogP contribution is -2.22. The molecule has 0 unspecified atom stereocenters. The van der Waals surface area contributed by atoms with Gasteiger partial charge >= 0.3 is 0 Å². The van der Waals surface area contributed by atoms with Crippen molar-refractivity contribution < 1.29 is 4.79 Å². The Hall–Kier alpha value is -1.31. The van der Waals surface area contributed by atoms with E-state index in [1.165, 1.54) is 12.1 Å². The Bertz CT molecular complexity index is 374. The van der Waals surface area contributed by atoms with Gasteiger partial charge in [0.05, 0.1) is 0 Å². The summed E-state index contributed by atoms with van der Waals surface area (Å²) in [4.78, 5) is 13.6. The maximum absolute atomic E-state index is 11.4. The molecule has 0 spiro atoms. The van der Waals surface area contributed by atoms with Crippen LogP contribution in [0.25, 0.3) is 0 Å². The second-order valence-corrected chi connectivity index (χ2v) is 3.93. The van der Waals surface area contributed by atoms with Gasteiger partial charge in [0.15, 0.2) is 5.78 Å². The van der Waals surface area contributed by atoms with Crippen molar-refractivity contribution in [2.45, 2.75) is 26.7 Å². The molecular weight excluding hydrogens is 174 g/mol. The number of carbonyl (C=O) groups is 1. The fourth-order valence-corrected chi connectivity index (χ4v) is 2.15. The molecule has 14 heavy (non-hydrogen) atoms. The summed E-state index contributed by atoms with van der Waals surface area (Å²) in [6, 6.07) is 0. The third kappa shape index (κ3) is 1.22.